The first kappa shape index (κ1) is 18.2. The zero-order valence-electron chi connectivity index (χ0n) is 14.4. The first-order chi connectivity index (χ1) is 13.0. The van der Waals surface area contributed by atoms with Crippen LogP contribution in [0.2, 0.25) is 0 Å². The average Bonchev–Trinajstić information content (AvgIpc) is 2.66. The van der Waals surface area contributed by atoms with Crippen molar-refractivity contribution < 1.29 is 23.5 Å². The summed E-state index contributed by atoms with van der Waals surface area (Å²) in [6.45, 7) is 0.175. The van der Waals surface area contributed by atoms with Crippen LogP contribution in [0.3, 0.4) is 0 Å². The summed E-state index contributed by atoms with van der Waals surface area (Å²) in [6.07, 6.45) is 1.16. The van der Waals surface area contributed by atoms with Crippen molar-refractivity contribution in [3.63, 3.8) is 0 Å². The van der Waals surface area contributed by atoms with Crippen LogP contribution < -0.4 is 15.0 Å². The molecular weight excluding hydrogens is 353 g/mol. The Hall–Kier alpha value is -3.55. The Morgan fingerprint density at radius 2 is 1.85 bits per heavy atom. The second-order valence-electron chi connectivity index (χ2n) is 5.70. The predicted molar refractivity (Wildman–Crippen MR) is 96.1 cm³/mol. The molecule has 1 fully saturated rings. The number of carbonyl (C=O) groups excluding carboxylic acids is 3. The number of imide groups is 2. The van der Waals surface area contributed by atoms with Gasteiger partial charge in [-0.25, -0.2) is 14.1 Å². The standard InChI is InChI=1S/C19H16FN3O4/c1-27-16-9-5-2-6-12(16)10-21-11-13-17(24)22-19(26)23(18(13)25)15-8-4-3-7-14(15)20/h2-9,11,13H,10H2,1H3,(H,22,24,26)/t13-/m0/s1. The maximum atomic E-state index is 14.0. The molecule has 0 spiro atoms. The SMILES string of the molecule is COc1ccccc1CN=C[C@H]1C(=O)NC(=O)N(c2ccccc2F)C1=O. The van der Waals surface area contributed by atoms with E-state index in [0.717, 1.165) is 17.8 Å². The van der Waals surface area contributed by atoms with Crippen molar-refractivity contribution in [1.82, 2.24) is 5.32 Å². The molecule has 1 heterocycles. The van der Waals surface area contributed by atoms with Crippen molar-refractivity contribution in [2.75, 3.05) is 12.0 Å². The number of urea groups is 1. The highest BCUT2D eigenvalue weighted by Crippen LogP contribution is 2.23. The Balaban J connectivity index is 1.82. The number of nitrogens with zero attached hydrogens (tertiary/aromatic N) is 2. The van der Waals surface area contributed by atoms with E-state index < -0.39 is 29.6 Å². The number of halogens is 1. The Morgan fingerprint density at radius 1 is 1.15 bits per heavy atom. The van der Waals surface area contributed by atoms with Gasteiger partial charge in [0.05, 0.1) is 19.3 Å². The van der Waals surface area contributed by atoms with Gasteiger partial charge in [0.25, 0.3) is 5.91 Å². The number of anilines is 1. The second-order valence-corrected chi connectivity index (χ2v) is 5.70. The van der Waals surface area contributed by atoms with E-state index in [9.17, 15) is 18.8 Å². The molecule has 1 atom stereocenters. The van der Waals surface area contributed by atoms with E-state index >= 15 is 0 Å². The van der Waals surface area contributed by atoms with E-state index in [1.165, 1.54) is 25.3 Å². The van der Waals surface area contributed by atoms with Gasteiger partial charge in [-0.05, 0) is 18.2 Å². The third kappa shape index (κ3) is 3.69. The van der Waals surface area contributed by atoms with Gasteiger partial charge in [0.2, 0.25) is 5.91 Å². The van der Waals surface area contributed by atoms with E-state index in [1.54, 1.807) is 12.1 Å². The van der Waals surface area contributed by atoms with Crippen molar-refractivity contribution in [2.45, 2.75) is 6.54 Å². The fourth-order valence-electron chi connectivity index (χ4n) is 2.67. The smallest absolute Gasteiger partial charge is 0.335 e. The molecule has 0 bridgehead atoms. The van der Waals surface area contributed by atoms with Gasteiger partial charge in [0.15, 0.2) is 5.92 Å². The molecule has 2 aromatic carbocycles. The molecule has 27 heavy (non-hydrogen) atoms. The van der Waals surface area contributed by atoms with Crippen LogP contribution in [0.25, 0.3) is 0 Å². The third-order valence-corrected chi connectivity index (χ3v) is 4.00. The van der Waals surface area contributed by atoms with E-state index in [0.29, 0.717) is 10.6 Å². The van der Waals surface area contributed by atoms with Crippen LogP contribution in [0.5, 0.6) is 5.75 Å². The maximum absolute atomic E-state index is 14.0. The molecule has 0 radical (unpaired) electrons. The van der Waals surface area contributed by atoms with Crippen LogP contribution in [-0.2, 0) is 16.1 Å². The van der Waals surface area contributed by atoms with Gasteiger partial charge in [0.1, 0.15) is 11.6 Å². The summed E-state index contributed by atoms with van der Waals surface area (Å²) in [7, 11) is 1.53. The number of hydrogen-bond donors (Lipinski definition) is 1. The molecule has 3 rings (SSSR count). The summed E-state index contributed by atoms with van der Waals surface area (Å²) >= 11 is 0. The van der Waals surface area contributed by atoms with Gasteiger partial charge in [-0.1, -0.05) is 30.3 Å². The minimum Gasteiger partial charge on any atom is -0.496 e. The summed E-state index contributed by atoms with van der Waals surface area (Å²) in [4.78, 5) is 41.5. The molecule has 8 heteroatoms. The second kappa shape index (κ2) is 7.77. The quantitative estimate of drug-likeness (QED) is 0.647. The number of para-hydroxylation sites is 2. The predicted octanol–water partition coefficient (Wildman–Crippen LogP) is 2.30. The molecule has 0 aliphatic carbocycles. The molecule has 0 unspecified atom stereocenters. The van der Waals surface area contributed by atoms with Gasteiger partial charge in [-0.2, -0.15) is 0 Å². The summed E-state index contributed by atoms with van der Waals surface area (Å²) < 4.78 is 19.2. The number of ether oxygens (including phenoxy) is 1. The number of methoxy groups -OCH3 is 1. The summed E-state index contributed by atoms with van der Waals surface area (Å²) in [6, 6.07) is 11.5. The molecule has 1 saturated heterocycles. The molecule has 138 valence electrons. The molecule has 1 aliphatic rings. The first-order valence-electron chi connectivity index (χ1n) is 8.08. The van der Waals surface area contributed by atoms with Crippen LogP contribution in [0.4, 0.5) is 14.9 Å². The topological polar surface area (TPSA) is 88.1 Å². The van der Waals surface area contributed by atoms with E-state index in [-0.39, 0.29) is 12.2 Å². The van der Waals surface area contributed by atoms with Gasteiger partial charge in [-0.3, -0.25) is 19.9 Å². The minimum absolute atomic E-state index is 0.175. The summed E-state index contributed by atoms with van der Waals surface area (Å²) in [5.74, 6) is -3.13. The fraction of sp³-hybridized carbons (Fsp3) is 0.158. The van der Waals surface area contributed by atoms with E-state index in [4.69, 9.17) is 4.74 Å². The van der Waals surface area contributed by atoms with Crippen molar-refractivity contribution in [1.29, 1.82) is 0 Å². The number of hydrogen-bond acceptors (Lipinski definition) is 5. The zero-order chi connectivity index (χ0) is 19.4. The maximum Gasteiger partial charge on any atom is 0.335 e. The normalized spacial score (nSPS) is 17.3. The van der Waals surface area contributed by atoms with E-state index in [2.05, 4.69) is 10.3 Å². The Labute approximate surface area is 154 Å². The van der Waals surface area contributed by atoms with Gasteiger partial charge < -0.3 is 4.74 Å². The van der Waals surface area contributed by atoms with Gasteiger partial charge in [-0.15, -0.1) is 0 Å². The highest BCUT2D eigenvalue weighted by atomic mass is 19.1. The monoisotopic (exact) mass is 369 g/mol. The molecule has 4 amide bonds. The molecule has 2 aromatic rings. The number of aliphatic imine (C=N–C) groups is 1. The largest absolute Gasteiger partial charge is 0.496 e. The first-order valence-corrected chi connectivity index (χ1v) is 8.08. The summed E-state index contributed by atoms with van der Waals surface area (Å²) in [5, 5.41) is 2.05. The van der Waals surface area contributed by atoms with Crippen LogP contribution in [-0.4, -0.2) is 31.2 Å². The number of barbiturate groups is 1. The van der Waals surface area contributed by atoms with Crippen LogP contribution in [0.15, 0.2) is 53.5 Å². The van der Waals surface area contributed by atoms with E-state index in [1.807, 2.05) is 12.1 Å². The lowest BCUT2D eigenvalue weighted by Crippen LogP contribution is -2.58. The van der Waals surface area contributed by atoms with Crippen LogP contribution >= 0.6 is 0 Å². The molecule has 7 nitrogen and oxygen atoms in total. The van der Waals surface area contributed by atoms with Crippen molar-refractivity contribution in [3.05, 3.63) is 59.9 Å². The Kier molecular flexibility index (Phi) is 5.25. The average molecular weight is 369 g/mol. The third-order valence-electron chi connectivity index (χ3n) is 4.00. The van der Waals surface area contributed by atoms with Crippen molar-refractivity contribution in [3.8, 4) is 5.75 Å². The van der Waals surface area contributed by atoms with Crippen LogP contribution in [0, 0.1) is 11.7 Å². The van der Waals surface area contributed by atoms with Crippen molar-refractivity contribution in [2.24, 2.45) is 10.9 Å². The highest BCUT2D eigenvalue weighted by Gasteiger charge is 2.41. The summed E-state index contributed by atoms with van der Waals surface area (Å²) in [5.41, 5.74) is 0.539. The number of benzene rings is 2. The number of carbonyl (C=O) groups is 3. The minimum atomic E-state index is -1.34. The number of nitrogens with one attached hydrogen (secondary N) is 1. The number of rotatable bonds is 5. The fourth-order valence-corrected chi connectivity index (χ4v) is 2.67. The Morgan fingerprint density at radius 3 is 2.59 bits per heavy atom. The lowest BCUT2D eigenvalue weighted by molar-refractivity contribution is -0.131. The highest BCUT2D eigenvalue weighted by molar-refractivity contribution is 6.32. The lowest BCUT2D eigenvalue weighted by Gasteiger charge is -2.28. The lowest BCUT2D eigenvalue weighted by atomic mass is 10.1. The number of amides is 4. The Bertz CT molecular complexity index is 929. The molecule has 0 saturated carbocycles. The molecule has 1 aliphatic heterocycles. The van der Waals surface area contributed by atoms with Crippen molar-refractivity contribution >= 4 is 29.7 Å². The molecule has 1 N–H and O–H groups in total. The van der Waals surface area contributed by atoms with Crippen LogP contribution in [0.1, 0.15) is 5.56 Å². The molecule has 0 aromatic heterocycles. The zero-order valence-corrected chi connectivity index (χ0v) is 14.4. The molecular formula is C19H16FN3O4. The van der Waals surface area contributed by atoms with Gasteiger partial charge in [0, 0.05) is 11.8 Å². The van der Waals surface area contributed by atoms with Gasteiger partial charge >= 0.3 is 6.03 Å².